The van der Waals surface area contributed by atoms with Gasteiger partial charge in [-0.3, -0.25) is 0 Å². The molecule has 4 unspecified atom stereocenters. The molecule has 2 fully saturated rings. The molecule has 1 aromatic rings. The van der Waals surface area contributed by atoms with Crippen LogP contribution in [0.1, 0.15) is 36.5 Å². The zero-order valence-electron chi connectivity index (χ0n) is 10.5. The van der Waals surface area contributed by atoms with Gasteiger partial charge in [-0.05, 0) is 37.0 Å². The van der Waals surface area contributed by atoms with E-state index in [1.54, 1.807) is 0 Å². The Morgan fingerprint density at radius 2 is 2.00 bits per heavy atom. The van der Waals surface area contributed by atoms with E-state index in [-0.39, 0.29) is 23.7 Å². The number of alkyl halides is 3. The third kappa shape index (κ3) is 2.31. The molecule has 0 amide bonds. The van der Waals surface area contributed by atoms with Crippen LogP contribution < -0.4 is 0 Å². The molecule has 1 aromatic carbocycles. The molecule has 0 aromatic heterocycles. The van der Waals surface area contributed by atoms with Gasteiger partial charge in [0, 0.05) is 5.92 Å². The number of fused-ring (bicyclic) bond motifs is 2. The third-order valence-corrected chi connectivity index (χ3v) is 4.20. The van der Waals surface area contributed by atoms with Gasteiger partial charge in [-0.1, -0.05) is 6.07 Å². The predicted octanol–water partition coefficient (Wildman–Crippen LogP) is 3.45. The zero-order chi connectivity index (χ0) is 14.5. The van der Waals surface area contributed by atoms with Crippen molar-refractivity contribution >= 4 is 0 Å². The van der Waals surface area contributed by atoms with Crippen molar-refractivity contribution < 1.29 is 27.4 Å². The molecule has 0 saturated carbocycles. The van der Waals surface area contributed by atoms with Gasteiger partial charge in [0.2, 0.25) is 0 Å². The fourth-order valence-corrected chi connectivity index (χ4v) is 3.20. The summed E-state index contributed by atoms with van der Waals surface area (Å²) in [5.74, 6) is -1.51. The highest BCUT2D eigenvalue weighted by Crippen LogP contribution is 2.45. The monoisotopic (exact) mass is 290 g/mol. The molecule has 2 aliphatic heterocycles. The molecule has 0 spiro atoms. The number of aliphatic hydroxyl groups excluding tert-OH is 1. The number of ether oxygens (including phenoxy) is 1. The molecule has 110 valence electrons. The first-order chi connectivity index (χ1) is 9.36. The van der Waals surface area contributed by atoms with Gasteiger partial charge in [-0.25, -0.2) is 4.39 Å². The Hall–Kier alpha value is -1.14. The summed E-state index contributed by atoms with van der Waals surface area (Å²) in [6, 6.07) is 2.60. The fraction of sp³-hybridized carbons (Fsp3) is 0.571. The van der Waals surface area contributed by atoms with Crippen molar-refractivity contribution in [3.8, 4) is 0 Å². The molecular formula is C14H14F4O2. The van der Waals surface area contributed by atoms with Gasteiger partial charge < -0.3 is 9.84 Å². The number of halogens is 4. The Morgan fingerprint density at radius 3 is 2.50 bits per heavy atom. The van der Waals surface area contributed by atoms with Crippen LogP contribution in [-0.4, -0.2) is 17.3 Å². The maximum atomic E-state index is 13.5. The third-order valence-electron chi connectivity index (χ3n) is 4.20. The lowest BCUT2D eigenvalue weighted by molar-refractivity contribution is -0.140. The van der Waals surface area contributed by atoms with Crippen molar-refractivity contribution in [3.05, 3.63) is 35.1 Å². The molecule has 1 N–H and O–H groups in total. The molecule has 2 bridgehead atoms. The van der Waals surface area contributed by atoms with Crippen molar-refractivity contribution in [2.75, 3.05) is 0 Å². The lowest BCUT2D eigenvalue weighted by Crippen LogP contribution is -2.24. The van der Waals surface area contributed by atoms with Crippen molar-refractivity contribution in [3.63, 3.8) is 0 Å². The van der Waals surface area contributed by atoms with Crippen LogP contribution in [-0.2, 0) is 10.9 Å². The molecule has 2 saturated heterocycles. The van der Waals surface area contributed by atoms with Gasteiger partial charge in [0.1, 0.15) is 5.82 Å². The van der Waals surface area contributed by atoms with Crippen LogP contribution in [0.2, 0.25) is 0 Å². The topological polar surface area (TPSA) is 29.5 Å². The fourth-order valence-electron chi connectivity index (χ4n) is 3.20. The second kappa shape index (κ2) is 4.70. The molecular weight excluding hydrogens is 276 g/mol. The first-order valence-corrected chi connectivity index (χ1v) is 6.56. The highest BCUT2D eigenvalue weighted by Gasteiger charge is 2.44. The molecule has 6 heteroatoms. The van der Waals surface area contributed by atoms with E-state index in [1.165, 1.54) is 0 Å². The smallest absolute Gasteiger partial charge is 0.388 e. The molecule has 0 radical (unpaired) electrons. The number of rotatable bonds is 2. The van der Waals surface area contributed by atoms with Crippen LogP contribution in [0.25, 0.3) is 0 Å². The van der Waals surface area contributed by atoms with Gasteiger partial charge in [0.15, 0.2) is 0 Å². The van der Waals surface area contributed by atoms with Crippen molar-refractivity contribution in [1.29, 1.82) is 0 Å². The van der Waals surface area contributed by atoms with Gasteiger partial charge >= 0.3 is 6.18 Å². The minimum atomic E-state index is -4.72. The molecule has 0 aliphatic carbocycles. The van der Waals surface area contributed by atoms with E-state index in [0.29, 0.717) is 12.5 Å². The van der Waals surface area contributed by atoms with E-state index < -0.39 is 23.7 Å². The normalized spacial score (nSPS) is 30.8. The van der Waals surface area contributed by atoms with Crippen molar-refractivity contribution in [2.45, 2.75) is 43.8 Å². The summed E-state index contributed by atoms with van der Waals surface area (Å²) in [6.45, 7) is 0. The van der Waals surface area contributed by atoms with Crippen LogP contribution in [0.15, 0.2) is 18.2 Å². The average molecular weight is 290 g/mol. The number of hydrogen-bond donors (Lipinski definition) is 1. The highest BCUT2D eigenvalue weighted by atomic mass is 19.4. The van der Waals surface area contributed by atoms with Gasteiger partial charge in [-0.15, -0.1) is 0 Å². The summed E-state index contributed by atoms with van der Waals surface area (Å²) in [4.78, 5) is 0. The summed E-state index contributed by atoms with van der Waals surface area (Å²) in [6.07, 6.45) is -3.18. The predicted molar refractivity (Wildman–Crippen MR) is 62.4 cm³/mol. The molecule has 3 rings (SSSR count). The van der Waals surface area contributed by atoms with Gasteiger partial charge in [-0.2, -0.15) is 13.2 Å². The van der Waals surface area contributed by atoms with E-state index in [2.05, 4.69) is 0 Å². The Balaban J connectivity index is 1.82. The van der Waals surface area contributed by atoms with Gasteiger partial charge in [0.25, 0.3) is 0 Å². The zero-order valence-corrected chi connectivity index (χ0v) is 10.5. The summed E-state index contributed by atoms with van der Waals surface area (Å²) in [7, 11) is 0. The number of hydrogen-bond acceptors (Lipinski definition) is 2. The van der Waals surface area contributed by atoms with Crippen LogP contribution in [0.4, 0.5) is 17.6 Å². The van der Waals surface area contributed by atoms with Crippen LogP contribution in [0.5, 0.6) is 0 Å². The van der Waals surface area contributed by atoms with Crippen LogP contribution in [0, 0.1) is 11.7 Å². The summed E-state index contributed by atoms with van der Waals surface area (Å²) >= 11 is 0. The quantitative estimate of drug-likeness (QED) is 0.845. The molecule has 4 atom stereocenters. The first kappa shape index (κ1) is 13.8. The Labute approximate surface area is 113 Å². The molecule has 2 nitrogen and oxygen atoms in total. The number of aliphatic hydroxyl groups is 1. The van der Waals surface area contributed by atoms with E-state index in [0.717, 1.165) is 25.0 Å². The van der Waals surface area contributed by atoms with Crippen molar-refractivity contribution in [1.82, 2.24) is 0 Å². The minimum absolute atomic E-state index is 0.0691. The summed E-state index contributed by atoms with van der Waals surface area (Å²) in [5.41, 5.74) is -1.13. The maximum absolute atomic E-state index is 13.5. The standard InChI is InChI=1S/C14H14F4O2/c15-11-5-7(1-3-10(11)14(16,17)18)13(19)9-6-8-2-4-12(9)20-8/h1,3,5,8-9,12-13,19H,2,4,6H2. The Morgan fingerprint density at radius 1 is 1.25 bits per heavy atom. The van der Waals surface area contributed by atoms with Crippen LogP contribution >= 0.6 is 0 Å². The Kier molecular flexibility index (Phi) is 3.25. The summed E-state index contributed by atoms with van der Waals surface area (Å²) < 4.78 is 56.6. The molecule has 20 heavy (non-hydrogen) atoms. The molecule has 2 heterocycles. The lowest BCUT2D eigenvalue weighted by Gasteiger charge is -2.25. The SMILES string of the molecule is OC(c1ccc(C(F)(F)F)c(F)c1)C1CC2CCC1O2. The lowest BCUT2D eigenvalue weighted by atomic mass is 9.82. The van der Waals surface area contributed by atoms with E-state index in [1.807, 2.05) is 0 Å². The van der Waals surface area contributed by atoms with Crippen LogP contribution in [0.3, 0.4) is 0 Å². The highest BCUT2D eigenvalue weighted by molar-refractivity contribution is 5.28. The van der Waals surface area contributed by atoms with Crippen molar-refractivity contribution in [2.24, 2.45) is 5.92 Å². The second-order valence-corrected chi connectivity index (χ2v) is 5.46. The van der Waals surface area contributed by atoms with Gasteiger partial charge in [0.05, 0.1) is 23.9 Å². The second-order valence-electron chi connectivity index (χ2n) is 5.46. The number of benzene rings is 1. The Bertz CT molecular complexity index is 514. The van der Waals surface area contributed by atoms with E-state index in [9.17, 15) is 22.7 Å². The first-order valence-electron chi connectivity index (χ1n) is 6.56. The summed E-state index contributed by atoms with van der Waals surface area (Å²) in [5, 5.41) is 10.2. The minimum Gasteiger partial charge on any atom is -0.388 e. The molecule has 2 aliphatic rings. The average Bonchev–Trinajstić information content (AvgIpc) is 2.98. The van der Waals surface area contributed by atoms with E-state index in [4.69, 9.17) is 4.74 Å². The maximum Gasteiger partial charge on any atom is 0.419 e. The largest absolute Gasteiger partial charge is 0.419 e. The van der Waals surface area contributed by atoms with E-state index >= 15 is 0 Å².